The van der Waals surface area contributed by atoms with E-state index in [4.69, 9.17) is 5.73 Å². The number of hydrogen-bond acceptors (Lipinski definition) is 5. The van der Waals surface area contributed by atoms with Crippen molar-refractivity contribution in [3.63, 3.8) is 0 Å². The molecule has 1 aliphatic heterocycles. The molecular formula is C13H12N4O3. The Morgan fingerprint density at radius 2 is 2.10 bits per heavy atom. The minimum atomic E-state index is -0.710. The average Bonchev–Trinajstić information content (AvgIpc) is 2.41. The molecule has 2 amide bonds. The molecule has 0 aliphatic carbocycles. The van der Waals surface area contributed by atoms with E-state index in [1.165, 1.54) is 10.9 Å². The third-order valence-corrected chi connectivity index (χ3v) is 3.39. The van der Waals surface area contributed by atoms with E-state index in [0.717, 1.165) is 0 Å². The van der Waals surface area contributed by atoms with Crippen LogP contribution in [0.25, 0.3) is 10.9 Å². The van der Waals surface area contributed by atoms with Gasteiger partial charge in [0, 0.05) is 6.42 Å². The first-order chi connectivity index (χ1) is 9.58. The van der Waals surface area contributed by atoms with Gasteiger partial charge in [-0.25, -0.2) is 4.98 Å². The Morgan fingerprint density at radius 3 is 2.85 bits per heavy atom. The molecule has 1 aromatic heterocycles. The van der Waals surface area contributed by atoms with E-state index in [2.05, 4.69) is 10.3 Å². The number of fused-ring (bicyclic) bond motifs is 1. The summed E-state index contributed by atoms with van der Waals surface area (Å²) >= 11 is 0. The van der Waals surface area contributed by atoms with Crippen LogP contribution >= 0.6 is 0 Å². The molecule has 1 aromatic carbocycles. The molecule has 2 heterocycles. The summed E-state index contributed by atoms with van der Waals surface area (Å²) in [5.74, 6) is -0.800. The average molecular weight is 272 g/mol. The van der Waals surface area contributed by atoms with Gasteiger partial charge in [0.25, 0.3) is 5.56 Å². The van der Waals surface area contributed by atoms with Crippen LogP contribution in [0.4, 0.5) is 5.69 Å². The van der Waals surface area contributed by atoms with E-state index >= 15 is 0 Å². The molecule has 0 saturated carbocycles. The van der Waals surface area contributed by atoms with Crippen molar-refractivity contribution in [2.24, 2.45) is 0 Å². The van der Waals surface area contributed by atoms with Gasteiger partial charge in [-0.15, -0.1) is 0 Å². The molecule has 0 bridgehead atoms. The van der Waals surface area contributed by atoms with Crippen LogP contribution in [-0.4, -0.2) is 21.4 Å². The Kier molecular flexibility index (Phi) is 2.74. The number of anilines is 1. The second-order valence-electron chi connectivity index (χ2n) is 4.67. The highest BCUT2D eigenvalue weighted by Gasteiger charge is 2.29. The van der Waals surface area contributed by atoms with Crippen LogP contribution in [-0.2, 0) is 9.59 Å². The van der Waals surface area contributed by atoms with Crippen molar-refractivity contribution in [3.8, 4) is 0 Å². The first-order valence-corrected chi connectivity index (χ1v) is 6.17. The maximum Gasteiger partial charge on any atom is 0.262 e. The van der Waals surface area contributed by atoms with Gasteiger partial charge in [-0.1, -0.05) is 6.07 Å². The number of nitrogen functional groups attached to an aromatic ring is 1. The topological polar surface area (TPSA) is 107 Å². The standard InChI is InChI=1S/C13H12N4O3/c14-8-3-1-2-7-11(8)15-6-17(13(7)20)9-4-5-10(18)16-12(9)19/h1-3,6,9H,4-5,14H2,(H,16,18,19). The first-order valence-electron chi connectivity index (χ1n) is 6.17. The lowest BCUT2D eigenvalue weighted by atomic mass is 10.1. The monoisotopic (exact) mass is 272 g/mol. The van der Waals surface area contributed by atoms with Crippen LogP contribution in [0, 0.1) is 0 Å². The Labute approximate surface area is 113 Å². The second kappa shape index (κ2) is 4.44. The van der Waals surface area contributed by atoms with Crippen LogP contribution in [0.15, 0.2) is 29.3 Å². The maximum absolute atomic E-state index is 12.4. The lowest BCUT2D eigenvalue weighted by Crippen LogP contribution is -2.44. The molecule has 0 spiro atoms. The van der Waals surface area contributed by atoms with E-state index in [9.17, 15) is 14.4 Å². The lowest BCUT2D eigenvalue weighted by Gasteiger charge is -2.22. The van der Waals surface area contributed by atoms with E-state index < -0.39 is 11.9 Å². The van der Waals surface area contributed by atoms with Gasteiger partial charge in [0.2, 0.25) is 11.8 Å². The highest BCUT2D eigenvalue weighted by atomic mass is 16.2. The molecule has 0 radical (unpaired) electrons. The highest BCUT2D eigenvalue weighted by Crippen LogP contribution is 2.19. The number of carbonyl (C=O) groups is 2. The van der Waals surface area contributed by atoms with Crippen LogP contribution in [0.2, 0.25) is 0 Å². The van der Waals surface area contributed by atoms with Crippen LogP contribution in [0.1, 0.15) is 18.9 Å². The molecule has 3 rings (SSSR count). The predicted octanol–water partition coefficient (Wildman–Crippen LogP) is -0.0436. The van der Waals surface area contributed by atoms with Gasteiger partial charge in [0.05, 0.1) is 17.4 Å². The number of piperidine rings is 1. The second-order valence-corrected chi connectivity index (χ2v) is 4.67. The van der Waals surface area contributed by atoms with Gasteiger partial charge in [-0.05, 0) is 18.6 Å². The number of carbonyl (C=O) groups excluding carboxylic acids is 2. The van der Waals surface area contributed by atoms with Gasteiger partial charge in [-0.2, -0.15) is 0 Å². The van der Waals surface area contributed by atoms with Crippen LogP contribution < -0.4 is 16.6 Å². The Morgan fingerprint density at radius 1 is 1.30 bits per heavy atom. The summed E-state index contributed by atoms with van der Waals surface area (Å²) in [5.41, 5.74) is 6.26. The van der Waals surface area contributed by atoms with Gasteiger partial charge in [0.15, 0.2) is 0 Å². The fourth-order valence-corrected chi connectivity index (χ4v) is 2.36. The van der Waals surface area contributed by atoms with Crippen LogP contribution in [0.3, 0.4) is 0 Å². The van der Waals surface area contributed by atoms with Gasteiger partial charge in [-0.3, -0.25) is 24.3 Å². The summed E-state index contributed by atoms with van der Waals surface area (Å²) < 4.78 is 1.25. The number of nitrogens with two attached hydrogens (primary N) is 1. The molecule has 3 N–H and O–H groups in total. The Balaban J connectivity index is 2.14. The quantitative estimate of drug-likeness (QED) is 0.559. The largest absolute Gasteiger partial charge is 0.397 e. The minimum absolute atomic E-state index is 0.206. The molecule has 1 aliphatic rings. The van der Waals surface area contributed by atoms with E-state index in [-0.39, 0.29) is 17.9 Å². The van der Waals surface area contributed by atoms with E-state index in [1.807, 2.05) is 0 Å². The molecule has 1 unspecified atom stereocenters. The third kappa shape index (κ3) is 1.83. The molecular weight excluding hydrogens is 260 g/mol. The minimum Gasteiger partial charge on any atom is -0.397 e. The number of imide groups is 1. The number of benzene rings is 1. The lowest BCUT2D eigenvalue weighted by molar-refractivity contribution is -0.135. The van der Waals surface area contributed by atoms with Gasteiger partial charge in [0.1, 0.15) is 11.6 Å². The first kappa shape index (κ1) is 12.3. The molecule has 20 heavy (non-hydrogen) atoms. The number of nitrogens with one attached hydrogen (secondary N) is 1. The van der Waals surface area contributed by atoms with Crippen molar-refractivity contribution in [3.05, 3.63) is 34.9 Å². The van der Waals surface area contributed by atoms with Crippen LogP contribution in [0.5, 0.6) is 0 Å². The number of rotatable bonds is 1. The number of para-hydroxylation sites is 1. The molecule has 2 aromatic rings. The molecule has 102 valence electrons. The fourth-order valence-electron chi connectivity index (χ4n) is 2.36. The maximum atomic E-state index is 12.4. The van der Waals surface area contributed by atoms with E-state index in [0.29, 0.717) is 23.0 Å². The van der Waals surface area contributed by atoms with Gasteiger partial charge >= 0.3 is 0 Å². The smallest absolute Gasteiger partial charge is 0.262 e. The summed E-state index contributed by atoms with van der Waals surface area (Å²) in [7, 11) is 0. The highest BCUT2D eigenvalue weighted by molar-refractivity contribution is 5.99. The zero-order valence-electron chi connectivity index (χ0n) is 10.5. The zero-order valence-corrected chi connectivity index (χ0v) is 10.5. The van der Waals surface area contributed by atoms with Crippen molar-refractivity contribution in [2.75, 3.05) is 5.73 Å². The normalized spacial score (nSPS) is 19.1. The molecule has 7 nitrogen and oxygen atoms in total. The van der Waals surface area contributed by atoms with Crippen molar-refractivity contribution in [1.29, 1.82) is 0 Å². The van der Waals surface area contributed by atoms with Crippen molar-refractivity contribution < 1.29 is 9.59 Å². The number of nitrogens with zero attached hydrogens (tertiary/aromatic N) is 2. The van der Waals surface area contributed by atoms with Gasteiger partial charge < -0.3 is 5.73 Å². The summed E-state index contributed by atoms with van der Waals surface area (Å²) in [6.07, 6.45) is 1.80. The number of amides is 2. The summed E-state index contributed by atoms with van der Waals surface area (Å²) in [6.45, 7) is 0. The van der Waals surface area contributed by atoms with E-state index in [1.54, 1.807) is 18.2 Å². The summed E-state index contributed by atoms with van der Waals surface area (Å²) in [4.78, 5) is 39.5. The van der Waals surface area contributed by atoms with Crippen molar-refractivity contribution >= 4 is 28.4 Å². The Hall–Kier alpha value is -2.70. The molecule has 1 saturated heterocycles. The molecule has 7 heteroatoms. The molecule has 1 atom stereocenters. The SMILES string of the molecule is Nc1cccc2c(=O)n(C3CCC(=O)NC3=O)cnc12. The number of aromatic nitrogens is 2. The van der Waals surface area contributed by atoms with Crippen molar-refractivity contribution in [1.82, 2.24) is 14.9 Å². The number of hydrogen-bond donors (Lipinski definition) is 2. The molecule has 1 fully saturated rings. The summed E-state index contributed by atoms with van der Waals surface area (Å²) in [6, 6.07) is 4.22. The fraction of sp³-hybridized carbons (Fsp3) is 0.231. The van der Waals surface area contributed by atoms with Crippen molar-refractivity contribution in [2.45, 2.75) is 18.9 Å². The Bertz CT molecular complexity index is 781. The third-order valence-electron chi connectivity index (χ3n) is 3.39. The zero-order chi connectivity index (χ0) is 14.3. The predicted molar refractivity (Wildman–Crippen MR) is 71.8 cm³/mol. The summed E-state index contributed by atoms with van der Waals surface area (Å²) in [5, 5.41) is 2.58.